The van der Waals surface area contributed by atoms with Gasteiger partial charge >= 0.3 is 6.18 Å². The summed E-state index contributed by atoms with van der Waals surface area (Å²) in [5.41, 5.74) is 0.663. The highest BCUT2D eigenvalue weighted by Crippen LogP contribution is 2.19. The fourth-order valence-corrected chi connectivity index (χ4v) is 1.08. The van der Waals surface area contributed by atoms with E-state index in [9.17, 15) is 13.2 Å². The lowest BCUT2D eigenvalue weighted by Crippen LogP contribution is -2.63. The number of ether oxygens (including phenoxy) is 1. The minimum absolute atomic E-state index is 0.140. The molecule has 1 aromatic rings. The van der Waals surface area contributed by atoms with E-state index in [4.69, 9.17) is 5.21 Å². The van der Waals surface area contributed by atoms with E-state index >= 15 is 0 Å². The van der Waals surface area contributed by atoms with Crippen molar-refractivity contribution in [2.45, 2.75) is 6.18 Å². The maximum absolute atomic E-state index is 11.9. The standard InChI is InChI=1S/C11H10F3NO2/c12-11(13,14)8-17-10-5-1-3-9(7-10)4-2-6-15-16/h1-7,16H,8H2/p+1/b4-2-,15-6+. The predicted molar refractivity (Wildman–Crippen MR) is 55.8 cm³/mol. The molecule has 2 N–H and O–H groups in total. The van der Waals surface area contributed by atoms with Crippen molar-refractivity contribution in [3.8, 4) is 5.75 Å². The lowest BCUT2D eigenvalue weighted by atomic mass is 10.2. The third-order valence-electron chi connectivity index (χ3n) is 1.72. The molecular formula is C11H11F3NO2+. The van der Waals surface area contributed by atoms with E-state index in [1.54, 1.807) is 23.4 Å². The first kappa shape index (κ1) is 13.1. The van der Waals surface area contributed by atoms with Crippen molar-refractivity contribution in [3.05, 3.63) is 35.9 Å². The fraction of sp³-hybridized carbons (Fsp3) is 0.182. The first-order valence-corrected chi connectivity index (χ1v) is 4.70. The van der Waals surface area contributed by atoms with Crippen LogP contribution in [0, 0.1) is 0 Å². The smallest absolute Gasteiger partial charge is 0.422 e. The summed E-state index contributed by atoms with van der Waals surface area (Å²) in [7, 11) is 0. The molecule has 3 nitrogen and oxygen atoms in total. The van der Waals surface area contributed by atoms with Crippen LogP contribution in [0.25, 0.3) is 6.08 Å². The largest absolute Gasteiger partial charge is 0.484 e. The Hall–Kier alpha value is -1.98. The molecule has 0 atom stereocenters. The Labute approximate surface area is 95.8 Å². The van der Waals surface area contributed by atoms with Crippen LogP contribution in [-0.4, -0.2) is 24.2 Å². The number of rotatable bonds is 4. The number of nitrogens with one attached hydrogen (secondary N) is 1. The fourth-order valence-electron chi connectivity index (χ4n) is 1.08. The number of allylic oxidation sites excluding steroid dienone is 1. The molecule has 0 aliphatic rings. The number of halogens is 3. The highest BCUT2D eigenvalue weighted by Gasteiger charge is 2.28. The van der Waals surface area contributed by atoms with Gasteiger partial charge in [-0.15, -0.1) is 0 Å². The number of alkyl halides is 3. The Bertz CT molecular complexity index is 413. The summed E-state index contributed by atoms with van der Waals surface area (Å²) in [4.78, 5) is 0. The third-order valence-corrected chi connectivity index (χ3v) is 1.72. The van der Waals surface area contributed by atoms with Crippen molar-refractivity contribution in [2.75, 3.05) is 6.61 Å². The van der Waals surface area contributed by atoms with Gasteiger partial charge in [-0.1, -0.05) is 12.1 Å². The first-order valence-electron chi connectivity index (χ1n) is 4.70. The summed E-state index contributed by atoms with van der Waals surface area (Å²) in [5.74, 6) is 0.140. The van der Waals surface area contributed by atoms with Crippen molar-refractivity contribution in [2.24, 2.45) is 0 Å². The van der Waals surface area contributed by atoms with Gasteiger partial charge in [0.25, 0.3) is 0 Å². The van der Waals surface area contributed by atoms with E-state index in [1.165, 1.54) is 24.4 Å². The number of hydrogen-bond donors (Lipinski definition) is 2. The highest BCUT2D eigenvalue weighted by atomic mass is 19.4. The lowest BCUT2D eigenvalue weighted by molar-refractivity contribution is -0.733. The van der Waals surface area contributed by atoms with Crippen molar-refractivity contribution in [1.29, 1.82) is 0 Å². The van der Waals surface area contributed by atoms with Crippen LogP contribution < -0.4 is 9.89 Å². The number of hydrogen-bond acceptors (Lipinski definition) is 2. The van der Waals surface area contributed by atoms with Crippen LogP contribution in [0.2, 0.25) is 0 Å². The quantitative estimate of drug-likeness (QED) is 0.476. The second-order valence-electron chi connectivity index (χ2n) is 3.13. The average molecular weight is 246 g/mol. The molecule has 0 amide bonds. The Balaban J connectivity index is 2.66. The van der Waals surface area contributed by atoms with E-state index in [2.05, 4.69) is 4.74 Å². The second-order valence-corrected chi connectivity index (χ2v) is 3.13. The van der Waals surface area contributed by atoms with E-state index in [-0.39, 0.29) is 5.75 Å². The predicted octanol–water partition coefficient (Wildman–Crippen LogP) is 1.18. The molecular weight excluding hydrogens is 235 g/mol. The summed E-state index contributed by atoms with van der Waals surface area (Å²) < 4.78 is 40.3. The summed E-state index contributed by atoms with van der Waals surface area (Å²) in [5, 5.41) is 10.1. The molecule has 0 heterocycles. The van der Waals surface area contributed by atoms with Crippen LogP contribution in [0.5, 0.6) is 5.75 Å². The zero-order valence-corrected chi connectivity index (χ0v) is 8.74. The van der Waals surface area contributed by atoms with Crippen LogP contribution in [0.4, 0.5) is 13.2 Å². The van der Waals surface area contributed by atoms with E-state index in [0.29, 0.717) is 5.56 Å². The second kappa shape index (κ2) is 5.93. The molecule has 0 bridgehead atoms. The van der Waals surface area contributed by atoms with Gasteiger partial charge in [0.15, 0.2) is 6.61 Å². The van der Waals surface area contributed by atoms with Crippen LogP contribution >= 0.6 is 0 Å². The Morgan fingerprint density at radius 1 is 1.35 bits per heavy atom. The first-order chi connectivity index (χ1) is 8.01. The zero-order valence-electron chi connectivity index (χ0n) is 8.74. The van der Waals surface area contributed by atoms with Gasteiger partial charge in [0.05, 0.1) is 0 Å². The molecule has 0 fully saturated rings. The normalized spacial score (nSPS) is 12.4. The maximum Gasteiger partial charge on any atom is 0.422 e. The van der Waals surface area contributed by atoms with Crippen LogP contribution in [0.3, 0.4) is 0 Å². The molecule has 0 saturated carbocycles. The maximum atomic E-state index is 11.9. The minimum atomic E-state index is -4.35. The van der Waals surface area contributed by atoms with E-state index in [0.717, 1.165) is 0 Å². The molecule has 0 aromatic heterocycles. The van der Waals surface area contributed by atoms with Crippen molar-refractivity contribution < 1.29 is 28.3 Å². The lowest BCUT2D eigenvalue weighted by Gasteiger charge is -2.09. The molecule has 1 rings (SSSR count). The van der Waals surface area contributed by atoms with E-state index < -0.39 is 12.8 Å². The van der Waals surface area contributed by atoms with Crippen molar-refractivity contribution >= 4 is 12.3 Å². The molecule has 1 aromatic carbocycles. The molecule has 0 radical (unpaired) electrons. The van der Waals surface area contributed by atoms with Crippen LogP contribution in [0.1, 0.15) is 5.56 Å². The zero-order chi connectivity index (χ0) is 12.7. The van der Waals surface area contributed by atoms with Crippen LogP contribution in [-0.2, 0) is 0 Å². The SMILES string of the molecule is O/[NH+]=C/C=C\c1cccc(OCC(F)(F)F)c1. The van der Waals surface area contributed by atoms with Gasteiger partial charge in [0.2, 0.25) is 6.21 Å². The minimum Gasteiger partial charge on any atom is -0.484 e. The van der Waals surface area contributed by atoms with Gasteiger partial charge in [-0.05, 0) is 28.9 Å². The Morgan fingerprint density at radius 2 is 2.12 bits per heavy atom. The van der Waals surface area contributed by atoms with Gasteiger partial charge in [-0.2, -0.15) is 13.2 Å². The van der Waals surface area contributed by atoms with Gasteiger partial charge in [-0.3, -0.25) is 5.21 Å². The molecule has 0 spiro atoms. The summed E-state index contributed by atoms with van der Waals surface area (Å²) in [6.45, 7) is -1.31. The monoisotopic (exact) mass is 246 g/mol. The van der Waals surface area contributed by atoms with Gasteiger partial charge in [0, 0.05) is 6.08 Å². The molecule has 0 aliphatic carbocycles. The summed E-state index contributed by atoms with van der Waals surface area (Å²) >= 11 is 0. The van der Waals surface area contributed by atoms with Gasteiger partial charge < -0.3 is 4.74 Å². The topological polar surface area (TPSA) is 43.4 Å². The average Bonchev–Trinajstić information content (AvgIpc) is 2.27. The molecule has 92 valence electrons. The molecule has 0 saturated heterocycles. The molecule has 0 aliphatic heterocycles. The molecule has 0 unspecified atom stereocenters. The Kier molecular flexibility index (Phi) is 4.56. The molecule has 17 heavy (non-hydrogen) atoms. The van der Waals surface area contributed by atoms with Crippen LogP contribution in [0.15, 0.2) is 30.3 Å². The third kappa shape index (κ3) is 5.60. The van der Waals surface area contributed by atoms with Gasteiger partial charge in [-0.25, -0.2) is 0 Å². The van der Waals surface area contributed by atoms with E-state index in [1.807, 2.05) is 0 Å². The highest BCUT2D eigenvalue weighted by molar-refractivity contribution is 5.74. The summed E-state index contributed by atoms with van der Waals surface area (Å²) in [6.07, 6.45) is 0.0240. The van der Waals surface area contributed by atoms with Crippen molar-refractivity contribution in [1.82, 2.24) is 0 Å². The number of benzene rings is 1. The van der Waals surface area contributed by atoms with Gasteiger partial charge in [0.1, 0.15) is 5.75 Å². The summed E-state index contributed by atoms with van der Waals surface area (Å²) in [6, 6.07) is 6.18. The Morgan fingerprint density at radius 3 is 2.76 bits per heavy atom. The molecule has 6 heteroatoms. The van der Waals surface area contributed by atoms with Crippen molar-refractivity contribution in [3.63, 3.8) is 0 Å².